The molecule has 6 heteroatoms. The van der Waals surface area contributed by atoms with Crippen molar-refractivity contribution in [1.82, 2.24) is 15.0 Å². The summed E-state index contributed by atoms with van der Waals surface area (Å²) in [4.78, 5) is 25.8. The van der Waals surface area contributed by atoms with Crippen molar-refractivity contribution in [3.63, 3.8) is 0 Å². The minimum Gasteiger partial charge on any atom is -0.506 e. The average molecular weight is 362 g/mol. The standard InChI is InChI=1S/C20H12ClN3O2/c21-19-14(4-1-5-18(19)25)20(26)12-6-7-15-16(9-12)24-17(11-23-15)13-3-2-8-22-10-13/h1-11,25H. The van der Waals surface area contributed by atoms with Crippen molar-refractivity contribution in [2.45, 2.75) is 0 Å². The molecule has 0 atom stereocenters. The van der Waals surface area contributed by atoms with Crippen molar-refractivity contribution in [3.8, 4) is 17.0 Å². The zero-order valence-electron chi connectivity index (χ0n) is 13.4. The number of aromatic nitrogens is 3. The minimum absolute atomic E-state index is 0.0350. The van der Waals surface area contributed by atoms with Crippen LogP contribution in [0.5, 0.6) is 5.75 Å². The van der Waals surface area contributed by atoms with E-state index in [-0.39, 0.29) is 22.1 Å². The second-order valence-corrected chi connectivity index (χ2v) is 6.05. The molecule has 0 unspecified atom stereocenters. The summed E-state index contributed by atoms with van der Waals surface area (Å²) >= 11 is 6.06. The first-order chi connectivity index (χ1) is 12.6. The Morgan fingerprint density at radius 2 is 1.88 bits per heavy atom. The van der Waals surface area contributed by atoms with E-state index in [9.17, 15) is 9.90 Å². The molecular formula is C20H12ClN3O2. The number of aromatic hydroxyl groups is 1. The van der Waals surface area contributed by atoms with Crippen molar-refractivity contribution in [3.05, 3.63) is 83.3 Å². The molecule has 0 saturated carbocycles. The highest BCUT2D eigenvalue weighted by Gasteiger charge is 2.16. The molecule has 4 aromatic rings. The van der Waals surface area contributed by atoms with E-state index in [0.717, 1.165) is 5.56 Å². The van der Waals surface area contributed by atoms with E-state index in [1.54, 1.807) is 48.9 Å². The zero-order valence-corrected chi connectivity index (χ0v) is 14.2. The Morgan fingerprint density at radius 1 is 1.00 bits per heavy atom. The lowest BCUT2D eigenvalue weighted by atomic mass is 10.0. The predicted octanol–water partition coefficient (Wildman–Crippen LogP) is 4.28. The fourth-order valence-electron chi connectivity index (χ4n) is 2.66. The first-order valence-corrected chi connectivity index (χ1v) is 8.20. The van der Waals surface area contributed by atoms with E-state index in [1.807, 2.05) is 12.1 Å². The summed E-state index contributed by atoms with van der Waals surface area (Å²) in [5.74, 6) is -0.418. The van der Waals surface area contributed by atoms with E-state index < -0.39 is 0 Å². The summed E-state index contributed by atoms with van der Waals surface area (Å²) in [6, 6.07) is 13.4. The van der Waals surface area contributed by atoms with Gasteiger partial charge in [0.15, 0.2) is 5.78 Å². The Hall–Kier alpha value is -3.31. The number of pyridine rings is 1. The fraction of sp³-hybridized carbons (Fsp3) is 0. The van der Waals surface area contributed by atoms with E-state index in [4.69, 9.17) is 11.6 Å². The van der Waals surface area contributed by atoms with Gasteiger partial charge in [-0.25, -0.2) is 4.98 Å². The molecular weight excluding hydrogens is 350 g/mol. The number of carbonyl (C=O) groups is 1. The van der Waals surface area contributed by atoms with Crippen LogP contribution >= 0.6 is 11.6 Å². The molecule has 0 bridgehead atoms. The number of carbonyl (C=O) groups excluding carboxylic acids is 1. The molecule has 0 fully saturated rings. The quantitative estimate of drug-likeness (QED) is 0.551. The number of hydrogen-bond donors (Lipinski definition) is 1. The molecule has 0 radical (unpaired) electrons. The Labute approximate surface area is 154 Å². The molecule has 0 saturated heterocycles. The van der Waals surface area contributed by atoms with Crippen LogP contribution in [0.3, 0.4) is 0 Å². The van der Waals surface area contributed by atoms with Crippen LogP contribution in [0.15, 0.2) is 67.1 Å². The molecule has 126 valence electrons. The second-order valence-electron chi connectivity index (χ2n) is 5.67. The van der Waals surface area contributed by atoms with Gasteiger partial charge in [0.25, 0.3) is 0 Å². The first kappa shape index (κ1) is 16.2. The maximum atomic E-state index is 12.8. The van der Waals surface area contributed by atoms with Crippen molar-refractivity contribution >= 4 is 28.4 Å². The lowest BCUT2D eigenvalue weighted by Crippen LogP contribution is -2.03. The summed E-state index contributed by atoms with van der Waals surface area (Å²) in [6.07, 6.45) is 5.07. The lowest BCUT2D eigenvalue weighted by molar-refractivity contribution is 0.103. The third kappa shape index (κ3) is 2.89. The maximum absolute atomic E-state index is 12.8. The SMILES string of the molecule is O=C(c1ccc2ncc(-c3cccnc3)nc2c1)c1cccc(O)c1Cl. The van der Waals surface area contributed by atoms with Crippen molar-refractivity contribution < 1.29 is 9.90 Å². The highest BCUT2D eigenvalue weighted by atomic mass is 35.5. The van der Waals surface area contributed by atoms with Crippen LogP contribution in [0.1, 0.15) is 15.9 Å². The summed E-state index contributed by atoms with van der Waals surface area (Å²) in [6.45, 7) is 0. The number of ketones is 1. The summed E-state index contributed by atoms with van der Waals surface area (Å²) < 4.78 is 0. The molecule has 1 N–H and O–H groups in total. The number of nitrogens with zero attached hydrogens (tertiary/aromatic N) is 3. The number of hydrogen-bond acceptors (Lipinski definition) is 5. The first-order valence-electron chi connectivity index (χ1n) is 7.83. The molecule has 2 aromatic heterocycles. The van der Waals surface area contributed by atoms with Gasteiger partial charge in [-0.05, 0) is 42.5 Å². The smallest absolute Gasteiger partial charge is 0.194 e. The lowest BCUT2D eigenvalue weighted by Gasteiger charge is -2.07. The normalized spacial score (nSPS) is 10.8. The maximum Gasteiger partial charge on any atom is 0.194 e. The number of phenols is 1. The van der Waals surface area contributed by atoms with Gasteiger partial charge in [0.05, 0.1) is 27.9 Å². The van der Waals surface area contributed by atoms with Crippen LogP contribution in [-0.2, 0) is 0 Å². The molecule has 0 amide bonds. The van der Waals surface area contributed by atoms with Gasteiger partial charge in [-0.2, -0.15) is 0 Å². The van der Waals surface area contributed by atoms with Gasteiger partial charge in [-0.15, -0.1) is 0 Å². The Bertz CT molecular complexity index is 1130. The zero-order chi connectivity index (χ0) is 18.1. The topological polar surface area (TPSA) is 76.0 Å². The van der Waals surface area contributed by atoms with Gasteiger partial charge < -0.3 is 5.11 Å². The molecule has 0 aliphatic carbocycles. The monoisotopic (exact) mass is 361 g/mol. The fourth-order valence-corrected chi connectivity index (χ4v) is 2.87. The van der Waals surface area contributed by atoms with Gasteiger partial charge in [-0.3, -0.25) is 14.8 Å². The predicted molar refractivity (Wildman–Crippen MR) is 99.3 cm³/mol. The van der Waals surface area contributed by atoms with Crippen LogP contribution in [0.4, 0.5) is 0 Å². The minimum atomic E-state index is -0.290. The van der Waals surface area contributed by atoms with Gasteiger partial charge >= 0.3 is 0 Å². The molecule has 0 aliphatic heterocycles. The highest BCUT2D eigenvalue weighted by molar-refractivity contribution is 6.36. The molecule has 2 heterocycles. The number of benzene rings is 2. The van der Waals surface area contributed by atoms with Gasteiger partial charge in [0, 0.05) is 29.1 Å². The number of halogens is 1. The van der Waals surface area contributed by atoms with Crippen LogP contribution in [0.2, 0.25) is 5.02 Å². The van der Waals surface area contributed by atoms with Crippen LogP contribution < -0.4 is 0 Å². The molecule has 0 spiro atoms. The number of phenolic OH excluding ortho intramolecular Hbond substituents is 1. The van der Waals surface area contributed by atoms with E-state index in [0.29, 0.717) is 22.3 Å². The highest BCUT2D eigenvalue weighted by Crippen LogP contribution is 2.29. The third-order valence-electron chi connectivity index (χ3n) is 3.98. The molecule has 4 rings (SSSR count). The molecule has 5 nitrogen and oxygen atoms in total. The Morgan fingerprint density at radius 3 is 2.69 bits per heavy atom. The van der Waals surface area contributed by atoms with Gasteiger partial charge in [-0.1, -0.05) is 17.7 Å². The van der Waals surface area contributed by atoms with Gasteiger partial charge in [0.2, 0.25) is 0 Å². The summed E-state index contributed by atoms with van der Waals surface area (Å²) in [7, 11) is 0. The molecule has 26 heavy (non-hydrogen) atoms. The molecule has 2 aromatic carbocycles. The average Bonchev–Trinajstić information content (AvgIpc) is 2.69. The van der Waals surface area contributed by atoms with Crippen LogP contribution in [0, 0.1) is 0 Å². The van der Waals surface area contributed by atoms with Crippen molar-refractivity contribution in [2.75, 3.05) is 0 Å². The van der Waals surface area contributed by atoms with E-state index in [2.05, 4.69) is 15.0 Å². The summed E-state index contributed by atoms with van der Waals surface area (Å²) in [5.41, 5.74) is 3.44. The summed E-state index contributed by atoms with van der Waals surface area (Å²) in [5, 5.41) is 9.75. The van der Waals surface area contributed by atoms with Crippen molar-refractivity contribution in [1.29, 1.82) is 0 Å². The van der Waals surface area contributed by atoms with E-state index in [1.165, 1.54) is 6.07 Å². The van der Waals surface area contributed by atoms with Crippen molar-refractivity contribution in [2.24, 2.45) is 0 Å². The van der Waals surface area contributed by atoms with Crippen LogP contribution in [-0.4, -0.2) is 25.8 Å². The van der Waals surface area contributed by atoms with Crippen LogP contribution in [0.25, 0.3) is 22.3 Å². The Balaban J connectivity index is 1.79. The second kappa shape index (κ2) is 6.54. The van der Waals surface area contributed by atoms with Gasteiger partial charge in [0.1, 0.15) is 5.75 Å². The van der Waals surface area contributed by atoms with E-state index >= 15 is 0 Å². The Kier molecular flexibility index (Phi) is 4.07. The number of rotatable bonds is 3. The largest absolute Gasteiger partial charge is 0.506 e. The third-order valence-corrected chi connectivity index (χ3v) is 4.38. The molecule has 0 aliphatic rings. The number of fused-ring (bicyclic) bond motifs is 1.